The van der Waals surface area contributed by atoms with Crippen molar-refractivity contribution in [1.29, 1.82) is 0 Å². The average molecular weight is 1170 g/mol. The third-order valence-electron chi connectivity index (χ3n) is 14.9. The first-order valence-corrected chi connectivity index (χ1v) is 28.1. The average Bonchev–Trinajstić information content (AvgIpc) is 3.64. The SMILES string of the molecule is Cc1ccc(-c2ccn(CCCC[N+]3(OC(=O)/C=C/C(=O)O[N+]4(CCCCn5ccc(-c6ccc(C)cc6)nc5=O)CCN(c5cc(C(F)(F)F)nc(C(C)(C)C)n5)CC4)CCN(c4cc(C(F)(F)F)nc(C(C)(C)C)n4)CC3)c(=O)n2)cc1. The minimum Gasteiger partial charge on any atom is -0.345 e. The van der Waals surface area contributed by atoms with Crippen LogP contribution in [0.15, 0.2) is 107 Å². The molecule has 4 aromatic heterocycles. The number of hydrogen-bond donors (Lipinski definition) is 0. The zero-order chi connectivity index (χ0) is 60.8. The summed E-state index contributed by atoms with van der Waals surface area (Å²) in [5.41, 5.74) is 0.149. The number of carbonyl (C=O) groups is 2. The molecule has 24 heteroatoms. The number of nitrogens with zero attached hydrogens (tertiary/aromatic N) is 12. The van der Waals surface area contributed by atoms with E-state index in [0.29, 0.717) is 50.2 Å². The number of anilines is 2. The van der Waals surface area contributed by atoms with Gasteiger partial charge in [-0.2, -0.15) is 36.3 Å². The molecule has 84 heavy (non-hydrogen) atoms. The van der Waals surface area contributed by atoms with Gasteiger partial charge in [-0.25, -0.2) is 39.1 Å². The molecule has 2 saturated heterocycles. The van der Waals surface area contributed by atoms with Gasteiger partial charge in [0.15, 0.2) is 0 Å². The van der Waals surface area contributed by atoms with Gasteiger partial charge in [0.1, 0.15) is 73.9 Å². The summed E-state index contributed by atoms with van der Waals surface area (Å²) in [6.45, 7) is 16.3. The van der Waals surface area contributed by atoms with Crippen molar-refractivity contribution in [1.82, 2.24) is 39.0 Å². The van der Waals surface area contributed by atoms with E-state index in [0.717, 1.165) is 46.5 Å². The van der Waals surface area contributed by atoms with Crippen LogP contribution in [0.5, 0.6) is 0 Å². The summed E-state index contributed by atoms with van der Waals surface area (Å²) in [6.07, 6.45) is -2.41. The number of carbonyl (C=O) groups excluding carboxylic acids is 2. The molecule has 0 bridgehead atoms. The highest BCUT2D eigenvalue weighted by Crippen LogP contribution is 2.35. The van der Waals surface area contributed by atoms with E-state index in [2.05, 4.69) is 29.9 Å². The van der Waals surface area contributed by atoms with Crippen LogP contribution >= 0.6 is 0 Å². The highest BCUT2D eigenvalue weighted by Gasteiger charge is 2.43. The normalized spacial score (nSPS) is 15.8. The Labute approximate surface area is 483 Å². The summed E-state index contributed by atoms with van der Waals surface area (Å²) in [5, 5.41) is 0. The van der Waals surface area contributed by atoms with Gasteiger partial charge < -0.3 is 9.80 Å². The van der Waals surface area contributed by atoms with Gasteiger partial charge in [0.2, 0.25) is 0 Å². The lowest BCUT2D eigenvalue weighted by molar-refractivity contribution is -1.09. The molecule has 2 fully saturated rings. The summed E-state index contributed by atoms with van der Waals surface area (Å²) < 4.78 is 87.5. The number of rotatable bonds is 18. The third kappa shape index (κ3) is 16.1. The molecule has 0 spiro atoms. The first-order chi connectivity index (χ1) is 39.5. The largest absolute Gasteiger partial charge is 0.433 e. The van der Waals surface area contributed by atoms with Crippen molar-refractivity contribution in [3.05, 3.63) is 152 Å². The highest BCUT2D eigenvalue weighted by atomic mass is 19.4. The number of hydroxylamine groups is 6. The van der Waals surface area contributed by atoms with Crippen molar-refractivity contribution in [2.45, 2.75) is 117 Å². The van der Waals surface area contributed by atoms with Crippen molar-refractivity contribution in [3.8, 4) is 22.5 Å². The van der Waals surface area contributed by atoms with Crippen LogP contribution in [0.1, 0.15) is 101 Å². The summed E-state index contributed by atoms with van der Waals surface area (Å²) in [7, 11) is 0. The van der Waals surface area contributed by atoms with Crippen molar-refractivity contribution in [3.63, 3.8) is 0 Å². The number of alkyl halides is 6. The molecule has 2 aliphatic heterocycles. The maximum absolute atomic E-state index is 14.2. The van der Waals surface area contributed by atoms with Crippen molar-refractivity contribution < 1.29 is 54.9 Å². The van der Waals surface area contributed by atoms with Crippen LogP contribution in [0.2, 0.25) is 0 Å². The maximum atomic E-state index is 14.2. The molecular formula is C60H72F6N12O6+2. The molecule has 0 atom stereocenters. The Balaban J connectivity index is 0.979. The maximum Gasteiger partial charge on any atom is 0.433 e. The minimum atomic E-state index is -4.74. The van der Waals surface area contributed by atoms with E-state index in [-0.39, 0.29) is 98.0 Å². The zero-order valence-electron chi connectivity index (χ0n) is 48.6. The Morgan fingerprint density at radius 2 is 0.857 bits per heavy atom. The van der Waals surface area contributed by atoms with Gasteiger partial charge in [-0.15, -0.1) is 9.29 Å². The number of halogens is 6. The zero-order valence-corrected chi connectivity index (χ0v) is 48.6. The second-order valence-electron chi connectivity index (χ2n) is 23.7. The Morgan fingerprint density at radius 3 is 1.17 bits per heavy atom. The highest BCUT2D eigenvalue weighted by molar-refractivity contribution is 5.91. The molecule has 8 rings (SSSR count). The molecule has 448 valence electrons. The molecular weight excluding hydrogens is 1100 g/mol. The van der Waals surface area contributed by atoms with Gasteiger partial charge in [0, 0.05) is 84.6 Å². The van der Waals surface area contributed by atoms with Gasteiger partial charge in [0.25, 0.3) is 0 Å². The van der Waals surface area contributed by atoms with Crippen LogP contribution in [0.25, 0.3) is 22.5 Å². The Morgan fingerprint density at radius 1 is 0.512 bits per heavy atom. The fourth-order valence-electron chi connectivity index (χ4n) is 9.90. The Bertz CT molecular complexity index is 3160. The second kappa shape index (κ2) is 25.2. The smallest absolute Gasteiger partial charge is 0.345 e. The fraction of sp³-hybridized carbons (Fsp3) is 0.467. The van der Waals surface area contributed by atoms with Crippen LogP contribution in [0, 0.1) is 13.8 Å². The minimum absolute atomic E-state index is 0.0130. The van der Waals surface area contributed by atoms with Crippen molar-refractivity contribution in [2.24, 2.45) is 0 Å². The van der Waals surface area contributed by atoms with E-state index in [1.165, 1.54) is 9.13 Å². The molecule has 18 nitrogen and oxygen atoms in total. The lowest BCUT2D eigenvalue weighted by atomic mass is 9.95. The topological polar surface area (TPSA) is 180 Å². The Hall–Kier alpha value is -7.86. The molecule has 0 amide bonds. The van der Waals surface area contributed by atoms with Crippen molar-refractivity contribution >= 4 is 23.6 Å². The summed E-state index contributed by atoms with van der Waals surface area (Å²) in [5.74, 6) is -1.62. The van der Waals surface area contributed by atoms with E-state index in [9.17, 15) is 45.5 Å². The molecule has 0 N–H and O–H groups in total. The van der Waals surface area contributed by atoms with Crippen LogP contribution in [-0.2, 0) is 55.5 Å². The van der Waals surface area contributed by atoms with Gasteiger partial charge in [0.05, 0.1) is 37.6 Å². The van der Waals surface area contributed by atoms with E-state index >= 15 is 0 Å². The lowest BCUT2D eigenvalue weighted by Crippen LogP contribution is -2.61. The number of benzene rings is 2. The van der Waals surface area contributed by atoms with E-state index in [1.54, 1.807) is 75.9 Å². The predicted octanol–water partition coefficient (Wildman–Crippen LogP) is 9.37. The monoisotopic (exact) mass is 1170 g/mol. The van der Waals surface area contributed by atoms with Crippen LogP contribution in [-0.4, -0.2) is 126 Å². The predicted molar refractivity (Wildman–Crippen MR) is 303 cm³/mol. The molecule has 6 heterocycles. The van der Waals surface area contributed by atoms with Gasteiger partial charge >= 0.3 is 35.7 Å². The quantitative estimate of drug-likeness (QED) is 0.0344. The molecule has 0 unspecified atom stereocenters. The number of aryl methyl sites for hydroxylation is 4. The van der Waals surface area contributed by atoms with E-state index < -0.39 is 57.9 Å². The summed E-state index contributed by atoms with van der Waals surface area (Å²) in [6, 6.07) is 20.6. The first-order valence-electron chi connectivity index (χ1n) is 28.1. The van der Waals surface area contributed by atoms with Crippen LogP contribution < -0.4 is 21.2 Å². The lowest BCUT2D eigenvalue weighted by Gasteiger charge is -2.42. The second-order valence-corrected chi connectivity index (χ2v) is 23.7. The van der Waals surface area contributed by atoms with Gasteiger partial charge in [-0.05, 0) is 38.8 Å². The fourth-order valence-corrected chi connectivity index (χ4v) is 9.90. The number of hydrogen-bond acceptors (Lipinski definition) is 14. The first kappa shape index (κ1) is 62.2. The summed E-state index contributed by atoms with van der Waals surface area (Å²) in [4.78, 5) is 95.1. The van der Waals surface area contributed by atoms with E-state index in [1.807, 2.05) is 62.4 Å². The number of piperazine rings is 2. The summed E-state index contributed by atoms with van der Waals surface area (Å²) >= 11 is 0. The van der Waals surface area contributed by atoms with Gasteiger partial charge in [-0.3, -0.25) is 18.8 Å². The van der Waals surface area contributed by atoms with Crippen molar-refractivity contribution in [2.75, 3.05) is 75.2 Å². The molecule has 0 radical (unpaired) electrons. The van der Waals surface area contributed by atoms with Crippen LogP contribution in [0.4, 0.5) is 38.0 Å². The third-order valence-corrected chi connectivity index (χ3v) is 14.9. The molecule has 2 aliphatic rings. The number of aromatic nitrogens is 8. The van der Waals surface area contributed by atoms with Gasteiger partial charge in [-0.1, -0.05) is 101 Å². The molecule has 0 aliphatic carbocycles. The number of quaternary nitrogens is 2. The molecule has 6 aromatic rings. The molecule has 2 aromatic carbocycles. The number of unbranched alkanes of at least 4 members (excludes halogenated alkanes) is 2. The van der Waals surface area contributed by atoms with Crippen LogP contribution in [0.3, 0.4) is 0 Å². The molecule has 0 saturated carbocycles. The Kier molecular flexibility index (Phi) is 18.6. The standard InChI is InChI=1S/C60H72F6N12O6/c1-41-13-17-43(18-14-41)45-23-27-75(55(81)67-45)25-9-11-33-77(35-29-73(30-36-77)49-39-47(59(61,62)63)69-53(71-49)57(3,4)5)83-51(79)21-22-52(80)84-78(34-12-10-26-76-28-24-46(68-56(76)82)44-19-15-42(2)16-20-44)37-31-74(32-38-78)50-40-48(60(64,65)66)70-54(72-50)58(6,7)8/h13-24,27-28,39-40H,9-12,25-26,29-38H2,1-8H3/q+2/b22-21+. The van der Waals surface area contributed by atoms with E-state index in [4.69, 9.17) is 9.68 Å².